The molecular weight excluding hydrogens is 265 g/mol. The second-order valence-corrected chi connectivity index (χ2v) is 4.19. The summed E-state index contributed by atoms with van der Waals surface area (Å²) in [5, 5.41) is 15.1. The molecule has 1 amide bonds. The minimum Gasteiger partial charge on any atom is -0.478 e. The van der Waals surface area contributed by atoms with Gasteiger partial charge >= 0.3 is 5.97 Å². The van der Waals surface area contributed by atoms with E-state index in [4.69, 9.17) is 5.11 Å². The van der Waals surface area contributed by atoms with Crippen molar-refractivity contribution < 1.29 is 19.1 Å². The van der Waals surface area contributed by atoms with Crippen molar-refractivity contribution in [1.82, 2.24) is 9.78 Å². The molecule has 2 aromatic rings. The summed E-state index contributed by atoms with van der Waals surface area (Å²) < 4.78 is 14.2. The molecule has 104 valence electrons. The van der Waals surface area contributed by atoms with Crippen molar-refractivity contribution in [3.05, 3.63) is 48.0 Å². The molecule has 0 saturated carbocycles. The van der Waals surface area contributed by atoms with Crippen molar-refractivity contribution in [2.24, 2.45) is 0 Å². The van der Waals surface area contributed by atoms with Crippen molar-refractivity contribution in [2.75, 3.05) is 5.32 Å². The Morgan fingerprint density at radius 1 is 1.45 bits per heavy atom. The molecule has 0 spiro atoms. The van der Waals surface area contributed by atoms with Crippen molar-refractivity contribution in [3.63, 3.8) is 0 Å². The monoisotopic (exact) mass is 277 g/mol. The lowest BCUT2D eigenvalue weighted by Crippen LogP contribution is -2.24. The molecule has 0 fully saturated rings. The molecule has 1 unspecified atom stereocenters. The van der Waals surface area contributed by atoms with Gasteiger partial charge in [-0.05, 0) is 25.1 Å². The van der Waals surface area contributed by atoms with Crippen molar-refractivity contribution in [1.29, 1.82) is 0 Å². The van der Waals surface area contributed by atoms with Crippen LogP contribution >= 0.6 is 0 Å². The molecule has 0 saturated heterocycles. The van der Waals surface area contributed by atoms with Gasteiger partial charge in [0.25, 0.3) is 0 Å². The second kappa shape index (κ2) is 5.52. The number of aromatic nitrogens is 2. The molecule has 2 N–H and O–H groups in total. The molecule has 20 heavy (non-hydrogen) atoms. The zero-order chi connectivity index (χ0) is 14.7. The molecule has 0 aliphatic heterocycles. The highest BCUT2D eigenvalue weighted by molar-refractivity contribution is 5.93. The van der Waals surface area contributed by atoms with Gasteiger partial charge in [-0.1, -0.05) is 6.07 Å². The van der Waals surface area contributed by atoms with E-state index in [9.17, 15) is 14.0 Å². The number of hydrogen-bond acceptors (Lipinski definition) is 3. The number of carboxylic acids is 1. The fraction of sp³-hybridized carbons (Fsp3) is 0.154. The first-order valence-corrected chi connectivity index (χ1v) is 5.81. The van der Waals surface area contributed by atoms with Gasteiger partial charge in [0.15, 0.2) is 0 Å². The Balaban J connectivity index is 2.10. The summed E-state index contributed by atoms with van der Waals surface area (Å²) in [5.41, 5.74) is 0.322. The Labute approximate surface area is 113 Å². The summed E-state index contributed by atoms with van der Waals surface area (Å²) in [5.74, 6) is -1.99. The van der Waals surface area contributed by atoms with Crippen molar-refractivity contribution in [2.45, 2.75) is 13.0 Å². The van der Waals surface area contributed by atoms with E-state index >= 15 is 0 Å². The smallest absolute Gasteiger partial charge is 0.338 e. The number of nitrogens with one attached hydrogen (secondary N) is 1. The fourth-order valence-corrected chi connectivity index (χ4v) is 1.59. The molecule has 7 heteroatoms. The number of rotatable bonds is 4. The molecule has 1 aromatic carbocycles. The standard InChI is InChI=1S/C13H12FN3O3/c1-8(17-7-9(6-15-17)13(19)20)12(18)16-11-4-2-3-10(14)5-11/h2-8H,1H3,(H,16,18)(H,19,20). The van der Waals surface area contributed by atoms with E-state index in [0.717, 1.165) is 6.20 Å². The number of benzene rings is 1. The number of nitrogens with zero attached hydrogens (tertiary/aromatic N) is 2. The number of halogens is 1. The van der Waals surface area contributed by atoms with Crippen molar-refractivity contribution in [3.8, 4) is 0 Å². The van der Waals surface area contributed by atoms with E-state index in [0.29, 0.717) is 5.69 Å². The Bertz CT molecular complexity index is 654. The van der Waals surface area contributed by atoms with Gasteiger partial charge < -0.3 is 10.4 Å². The van der Waals surface area contributed by atoms with Crippen LogP contribution in [0.25, 0.3) is 0 Å². The number of aromatic carboxylic acids is 1. The highest BCUT2D eigenvalue weighted by Crippen LogP contribution is 2.13. The van der Waals surface area contributed by atoms with Crippen LogP contribution in [0.15, 0.2) is 36.7 Å². The summed E-state index contributed by atoms with van der Waals surface area (Å²) in [6.07, 6.45) is 2.42. The fourth-order valence-electron chi connectivity index (χ4n) is 1.59. The van der Waals surface area contributed by atoms with Gasteiger partial charge in [-0.3, -0.25) is 9.48 Å². The largest absolute Gasteiger partial charge is 0.478 e. The number of carboxylic acid groups (broad SMARTS) is 1. The van der Waals surface area contributed by atoms with Crippen LogP contribution in [0.2, 0.25) is 0 Å². The molecule has 2 rings (SSSR count). The minimum atomic E-state index is -1.12. The summed E-state index contributed by atoms with van der Waals surface area (Å²) in [6.45, 7) is 1.56. The van der Waals surface area contributed by atoms with E-state index in [-0.39, 0.29) is 5.56 Å². The molecule has 0 bridgehead atoms. The lowest BCUT2D eigenvalue weighted by atomic mass is 10.2. The van der Waals surface area contributed by atoms with Gasteiger partial charge in [-0.25, -0.2) is 9.18 Å². The third kappa shape index (κ3) is 3.00. The maximum Gasteiger partial charge on any atom is 0.338 e. The molecule has 1 atom stereocenters. The minimum absolute atomic E-state index is 0.00425. The SMILES string of the molecule is CC(C(=O)Nc1cccc(F)c1)n1cc(C(=O)O)cn1. The van der Waals surface area contributed by atoms with Crippen LogP contribution < -0.4 is 5.32 Å². The molecule has 1 heterocycles. The van der Waals surface area contributed by atoms with E-state index in [1.54, 1.807) is 13.0 Å². The van der Waals surface area contributed by atoms with Gasteiger partial charge in [0.1, 0.15) is 11.9 Å². The Morgan fingerprint density at radius 3 is 2.80 bits per heavy atom. The molecule has 0 radical (unpaired) electrons. The summed E-state index contributed by atoms with van der Waals surface area (Å²) in [4.78, 5) is 22.7. The van der Waals surface area contributed by atoms with Crippen molar-refractivity contribution >= 4 is 17.6 Å². The molecular formula is C13H12FN3O3. The van der Waals surface area contributed by atoms with E-state index in [1.165, 1.54) is 29.1 Å². The van der Waals surface area contributed by atoms with Gasteiger partial charge in [0, 0.05) is 11.9 Å². The topological polar surface area (TPSA) is 84.2 Å². The van der Waals surface area contributed by atoms with Crippen LogP contribution in [-0.4, -0.2) is 26.8 Å². The van der Waals surface area contributed by atoms with Crippen LogP contribution in [0, 0.1) is 5.82 Å². The van der Waals surface area contributed by atoms with Crippen LogP contribution in [0.1, 0.15) is 23.3 Å². The maximum atomic E-state index is 13.0. The average molecular weight is 277 g/mol. The Hall–Kier alpha value is -2.70. The van der Waals surface area contributed by atoms with Gasteiger partial charge in [-0.15, -0.1) is 0 Å². The molecule has 0 aliphatic carbocycles. The van der Waals surface area contributed by atoms with E-state index in [1.807, 2.05) is 0 Å². The normalized spacial score (nSPS) is 11.9. The Morgan fingerprint density at radius 2 is 2.20 bits per heavy atom. The number of amides is 1. The highest BCUT2D eigenvalue weighted by Gasteiger charge is 2.17. The number of carbonyl (C=O) groups excluding carboxylic acids is 1. The molecule has 6 nitrogen and oxygen atoms in total. The zero-order valence-electron chi connectivity index (χ0n) is 10.6. The summed E-state index contributed by atoms with van der Waals surface area (Å²) in [6, 6.07) is 4.78. The summed E-state index contributed by atoms with van der Waals surface area (Å²) in [7, 11) is 0. The third-order valence-electron chi connectivity index (χ3n) is 2.72. The Kier molecular flexibility index (Phi) is 3.79. The average Bonchev–Trinajstić information content (AvgIpc) is 2.87. The third-order valence-corrected chi connectivity index (χ3v) is 2.72. The van der Waals surface area contributed by atoms with E-state index in [2.05, 4.69) is 10.4 Å². The predicted molar refractivity (Wildman–Crippen MR) is 68.9 cm³/mol. The maximum absolute atomic E-state index is 13.0. The van der Waals surface area contributed by atoms with Crippen LogP contribution in [0.5, 0.6) is 0 Å². The van der Waals surface area contributed by atoms with Crippen LogP contribution in [0.3, 0.4) is 0 Å². The molecule has 0 aliphatic rings. The number of carbonyl (C=O) groups is 2. The molecule has 1 aromatic heterocycles. The van der Waals surface area contributed by atoms with Gasteiger partial charge in [0.2, 0.25) is 5.91 Å². The zero-order valence-corrected chi connectivity index (χ0v) is 10.6. The van der Waals surface area contributed by atoms with Crippen LogP contribution in [-0.2, 0) is 4.79 Å². The first-order chi connectivity index (χ1) is 9.47. The van der Waals surface area contributed by atoms with Gasteiger partial charge in [0.05, 0.1) is 11.8 Å². The second-order valence-electron chi connectivity index (χ2n) is 4.19. The summed E-state index contributed by atoms with van der Waals surface area (Å²) >= 11 is 0. The lowest BCUT2D eigenvalue weighted by molar-refractivity contribution is -0.119. The van der Waals surface area contributed by atoms with E-state index < -0.39 is 23.7 Å². The number of hydrogen-bond donors (Lipinski definition) is 2. The first-order valence-electron chi connectivity index (χ1n) is 5.81. The first kappa shape index (κ1) is 13.7. The lowest BCUT2D eigenvalue weighted by Gasteiger charge is -2.12. The predicted octanol–water partition coefficient (Wildman–Crippen LogP) is 1.92. The van der Waals surface area contributed by atoms with Crippen LogP contribution in [0.4, 0.5) is 10.1 Å². The number of anilines is 1. The van der Waals surface area contributed by atoms with Gasteiger partial charge in [-0.2, -0.15) is 5.10 Å². The quantitative estimate of drug-likeness (QED) is 0.894. The highest BCUT2D eigenvalue weighted by atomic mass is 19.1.